The quantitative estimate of drug-likeness (QED) is 0.793. The summed E-state index contributed by atoms with van der Waals surface area (Å²) in [5, 5.41) is 2.77. The fraction of sp³-hybridized carbons (Fsp3) is 0.278. The van der Waals surface area contributed by atoms with Gasteiger partial charge in [0.25, 0.3) is 5.91 Å². The first-order chi connectivity index (χ1) is 11.9. The molecule has 6 nitrogen and oxygen atoms in total. The first-order valence-corrected chi connectivity index (χ1v) is 9.50. The summed E-state index contributed by atoms with van der Waals surface area (Å²) in [6, 6.07) is 11.5. The molecule has 2 rings (SSSR count). The molecule has 0 aliphatic rings. The smallest absolute Gasteiger partial charge is 0.255 e. The molecule has 0 aliphatic heterocycles. The van der Waals surface area contributed by atoms with E-state index in [1.54, 1.807) is 44.2 Å². The molecule has 0 saturated carbocycles. The lowest BCUT2D eigenvalue weighted by Crippen LogP contribution is -2.24. The summed E-state index contributed by atoms with van der Waals surface area (Å²) in [5.74, 6) is 0.352. The molecule has 2 aromatic carbocycles. The van der Waals surface area contributed by atoms with Gasteiger partial charge in [-0.1, -0.05) is 13.0 Å². The molecule has 0 atom stereocenters. The van der Waals surface area contributed by atoms with Crippen LogP contribution < -0.4 is 14.8 Å². The Hall–Kier alpha value is -2.38. The van der Waals surface area contributed by atoms with Crippen LogP contribution in [-0.4, -0.2) is 27.5 Å². The lowest BCUT2D eigenvalue weighted by Gasteiger charge is -2.11. The SMILES string of the molecule is CCNS(=O)(=O)c1ccc(C)c(C(=O)Nc2ccc(OCC)cc2)c1. The minimum atomic E-state index is -3.61. The maximum atomic E-state index is 12.5. The molecule has 0 fully saturated rings. The van der Waals surface area contributed by atoms with E-state index in [2.05, 4.69) is 10.0 Å². The Morgan fingerprint density at radius 2 is 1.76 bits per heavy atom. The van der Waals surface area contributed by atoms with E-state index in [0.717, 1.165) is 5.75 Å². The largest absolute Gasteiger partial charge is 0.494 e. The molecular formula is C18H22N2O4S. The molecule has 25 heavy (non-hydrogen) atoms. The number of sulfonamides is 1. The maximum absolute atomic E-state index is 12.5. The molecule has 0 radical (unpaired) electrons. The molecule has 0 spiro atoms. The number of hydrogen-bond acceptors (Lipinski definition) is 4. The monoisotopic (exact) mass is 362 g/mol. The van der Waals surface area contributed by atoms with Crippen LogP contribution in [0.25, 0.3) is 0 Å². The number of carbonyl (C=O) groups is 1. The second kappa shape index (κ2) is 8.13. The van der Waals surface area contributed by atoms with E-state index in [1.807, 2.05) is 6.92 Å². The first kappa shape index (κ1) is 19.0. The highest BCUT2D eigenvalue weighted by Gasteiger charge is 2.17. The summed E-state index contributed by atoms with van der Waals surface area (Å²) in [6.07, 6.45) is 0. The van der Waals surface area contributed by atoms with E-state index in [1.165, 1.54) is 12.1 Å². The van der Waals surface area contributed by atoms with Crippen LogP contribution in [0, 0.1) is 6.92 Å². The molecule has 0 saturated heterocycles. The summed E-state index contributed by atoms with van der Waals surface area (Å²) in [6.45, 7) is 6.21. The third-order valence-corrected chi connectivity index (χ3v) is 5.06. The second-order valence-electron chi connectivity index (χ2n) is 5.39. The number of amides is 1. The van der Waals surface area contributed by atoms with Gasteiger partial charge in [0.15, 0.2) is 0 Å². The van der Waals surface area contributed by atoms with Gasteiger partial charge in [0, 0.05) is 17.8 Å². The van der Waals surface area contributed by atoms with Crippen LogP contribution in [0.5, 0.6) is 5.75 Å². The van der Waals surface area contributed by atoms with Crippen LogP contribution in [0.4, 0.5) is 5.69 Å². The van der Waals surface area contributed by atoms with Crippen LogP contribution in [0.2, 0.25) is 0 Å². The van der Waals surface area contributed by atoms with Gasteiger partial charge in [0.2, 0.25) is 10.0 Å². The first-order valence-electron chi connectivity index (χ1n) is 8.02. The minimum absolute atomic E-state index is 0.0665. The van der Waals surface area contributed by atoms with Crippen LogP contribution in [-0.2, 0) is 10.0 Å². The Morgan fingerprint density at radius 3 is 2.36 bits per heavy atom. The van der Waals surface area contributed by atoms with Crippen molar-refractivity contribution in [3.8, 4) is 5.75 Å². The summed E-state index contributed by atoms with van der Waals surface area (Å²) >= 11 is 0. The van der Waals surface area contributed by atoms with Crippen molar-refractivity contribution in [2.24, 2.45) is 0 Å². The number of aryl methyl sites for hydroxylation is 1. The van der Waals surface area contributed by atoms with Crippen molar-refractivity contribution in [1.82, 2.24) is 4.72 Å². The number of benzene rings is 2. The van der Waals surface area contributed by atoms with E-state index >= 15 is 0 Å². The van der Waals surface area contributed by atoms with Crippen LogP contribution in [0.1, 0.15) is 29.8 Å². The predicted molar refractivity (Wildman–Crippen MR) is 97.6 cm³/mol. The Labute approximate surface area is 148 Å². The van der Waals surface area contributed by atoms with Gasteiger partial charge in [0.1, 0.15) is 5.75 Å². The zero-order valence-electron chi connectivity index (χ0n) is 14.5. The molecular weight excluding hydrogens is 340 g/mol. The molecule has 0 bridgehead atoms. The van der Waals surface area contributed by atoms with Gasteiger partial charge in [-0.25, -0.2) is 13.1 Å². The molecule has 1 amide bonds. The minimum Gasteiger partial charge on any atom is -0.494 e. The topological polar surface area (TPSA) is 84.5 Å². The number of anilines is 1. The Kier molecular flexibility index (Phi) is 6.17. The standard InChI is InChI=1S/C18H22N2O4S/c1-4-19-25(22,23)16-11-6-13(3)17(12-16)18(21)20-14-7-9-15(10-8-14)24-5-2/h6-12,19H,4-5H2,1-3H3,(H,20,21). The van der Waals surface area contributed by atoms with Gasteiger partial charge >= 0.3 is 0 Å². The number of ether oxygens (including phenoxy) is 1. The second-order valence-corrected chi connectivity index (χ2v) is 7.16. The van der Waals surface area contributed by atoms with Crippen molar-refractivity contribution in [3.63, 3.8) is 0 Å². The average molecular weight is 362 g/mol. The van der Waals surface area contributed by atoms with Gasteiger partial charge in [-0.05, 0) is 55.8 Å². The molecule has 0 aromatic heterocycles. The summed E-state index contributed by atoms with van der Waals surface area (Å²) < 4.78 is 32.0. The zero-order valence-corrected chi connectivity index (χ0v) is 15.3. The Balaban J connectivity index is 2.23. The predicted octanol–water partition coefficient (Wildman–Crippen LogP) is 2.94. The van der Waals surface area contributed by atoms with E-state index in [0.29, 0.717) is 23.4 Å². The zero-order chi connectivity index (χ0) is 18.4. The molecule has 0 unspecified atom stereocenters. The average Bonchev–Trinajstić information content (AvgIpc) is 2.57. The molecule has 0 aliphatic carbocycles. The number of hydrogen-bond donors (Lipinski definition) is 2. The molecule has 0 heterocycles. The summed E-state index contributed by atoms with van der Waals surface area (Å²) in [5.41, 5.74) is 1.61. The van der Waals surface area contributed by atoms with Crippen molar-refractivity contribution in [3.05, 3.63) is 53.6 Å². The Bertz CT molecular complexity index is 846. The number of nitrogens with one attached hydrogen (secondary N) is 2. The van der Waals surface area contributed by atoms with E-state index in [9.17, 15) is 13.2 Å². The highest BCUT2D eigenvalue weighted by Crippen LogP contribution is 2.19. The van der Waals surface area contributed by atoms with Crippen molar-refractivity contribution >= 4 is 21.6 Å². The molecule has 7 heteroatoms. The highest BCUT2D eigenvalue weighted by atomic mass is 32.2. The fourth-order valence-corrected chi connectivity index (χ4v) is 3.35. The van der Waals surface area contributed by atoms with E-state index in [4.69, 9.17) is 4.74 Å². The lowest BCUT2D eigenvalue weighted by atomic mass is 10.1. The maximum Gasteiger partial charge on any atom is 0.255 e. The van der Waals surface area contributed by atoms with Gasteiger partial charge in [0.05, 0.1) is 11.5 Å². The van der Waals surface area contributed by atoms with Crippen molar-refractivity contribution in [2.75, 3.05) is 18.5 Å². The number of rotatable bonds is 7. The Morgan fingerprint density at radius 1 is 1.08 bits per heavy atom. The third kappa shape index (κ3) is 4.80. The van der Waals surface area contributed by atoms with Gasteiger partial charge in [-0.2, -0.15) is 0 Å². The highest BCUT2D eigenvalue weighted by molar-refractivity contribution is 7.89. The third-order valence-electron chi connectivity index (χ3n) is 3.52. The molecule has 134 valence electrons. The summed E-state index contributed by atoms with van der Waals surface area (Å²) in [7, 11) is -3.61. The lowest BCUT2D eigenvalue weighted by molar-refractivity contribution is 0.102. The van der Waals surface area contributed by atoms with Crippen molar-refractivity contribution in [2.45, 2.75) is 25.7 Å². The van der Waals surface area contributed by atoms with E-state index in [-0.39, 0.29) is 17.3 Å². The van der Waals surface area contributed by atoms with Gasteiger partial charge in [-0.15, -0.1) is 0 Å². The van der Waals surface area contributed by atoms with Crippen LogP contribution in [0.15, 0.2) is 47.4 Å². The summed E-state index contributed by atoms with van der Waals surface area (Å²) in [4.78, 5) is 12.6. The fourth-order valence-electron chi connectivity index (χ4n) is 2.29. The number of carbonyl (C=O) groups excluding carboxylic acids is 1. The van der Waals surface area contributed by atoms with Gasteiger partial charge in [-0.3, -0.25) is 4.79 Å². The molecule has 2 aromatic rings. The van der Waals surface area contributed by atoms with Crippen LogP contribution in [0.3, 0.4) is 0 Å². The van der Waals surface area contributed by atoms with E-state index < -0.39 is 10.0 Å². The van der Waals surface area contributed by atoms with Crippen LogP contribution >= 0.6 is 0 Å². The molecule has 2 N–H and O–H groups in total. The van der Waals surface area contributed by atoms with Crippen molar-refractivity contribution in [1.29, 1.82) is 0 Å². The van der Waals surface area contributed by atoms with Crippen molar-refractivity contribution < 1.29 is 17.9 Å². The van der Waals surface area contributed by atoms with Gasteiger partial charge < -0.3 is 10.1 Å². The normalized spacial score (nSPS) is 11.2.